The van der Waals surface area contributed by atoms with Gasteiger partial charge in [-0.05, 0) is 24.3 Å². The van der Waals surface area contributed by atoms with Crippen molar-refractivity contribution < 1.29 is 9.15 Å². The highest BCUT2D eigenvalue weighted by Crippen LogP contribution is 2.28. The summed E-state index contributed by atoms with van der Waals surface area (Å²) in [6.45, 7) is 0. The van der Waals surface area contributed by atoms with E-state index < -0.39 is 5.63 Å². The lowest BCUT2D eigenvalue weighted by molar-refractivity contribution is 0.437. The lowest BCUT2D eigenvalue weighted by atomic mass is 10.2. The minimum atomic E-state index is -0.529. The molecule has 3 rings (SSSR count). The Balaban J connectivity index is 2.08. The van der Waals surface area contributed by atoms with E-state index in [2.05, 4.69) is 0 Å². The minimum Gasteiger partial charge on any atom is -0.448 e. The molecule has 0 radical (unpaired) electrons. The number of rotatable bonds is 2. The number of benzene rings is 2. The third-order valence-corrected chi connectivity index (χ3v) is 2.98. The van der Waals surface area contributed by atoms with E-state index in [1.54, 1.807) is 42.5 Å². The summed E-state index contributed by atoms with van der Waals surface area (Å²) in [6, 6.07) is 15.8. The van der Waals surface area contributed by atoms with Crippen molar-refractivity contribution in [1.82, 2.24) is 0 Å². The highest BCUT2D eigenvalue weighted by atomic mass is 35.5. The molecule has 0 fully saturated rings. The van der Waals surface area contributed by atoms with Gasteiger partial charge in [0.25, 0.3) is 0 Å². The van der Waals surface area contributed by atoms with Gasteiger partial charge in [-0.15, -0.1) is 0 Å². The van der Waals surface area contributed by atoms with Gasteiger partial charge in [0, 0.05) is 5.39 Å². The smallest absolute Gasteiger partial charge is 0.379 e. The molecule has 3 nitrogen and oxygen atoms in total. The van der Waals surface area contributed by atoms with Crippen LogP contribution in [0.25, 0.3) is 11.0 Å². The molecule has 0 aliphatic rings. The fourth-order valence-corrected chi connectivity index (χ4v) is 1.93. The molecule has 0 unspecified atom stereocenters. The Morgan fingerprint density at radius 2 is 1.68 bits per heavy atom. The van der Waals surface area contributed by atoms with Gasteiger partial charge in [0.05, 0.1) is 5.02 Å². The first-order chi connectivity index (χ1) is 9.24. The van der Waals surface area contributed by atoms with Gasteiger partial charge in [-0.1, -0.05) is 41.9 Å². The van der Waals surface area contributed by atoms with Crippen molar-refractivity contribution in [2.24, 2.45) is 0 Å². The molecular formula is C15H9ClO3. The van der Waals surface area contributed by atoms with E-state index in [0.717, 1.165) is 5.39 Å². The molecule has 0 saturated heterocycles. The Morgan fingerprint density at radius 3 is 2.53 bits per heavy atom. The molecular weight excluding hydrogens is 264 g/mol. The average Bonchev–Trinajstić information content (AvgIpc) is 2.42. The van der Waals surface area contributed by atoms with E-state index in [1.165, 1.54) is 0 Å². The maximum Gasteiger partial charge on any atom is 0.379 e. The SMILES string of the molecule is O=c1oc2ccccc2cc1Oc1ccccc1Cl. The summed E-state index contributed by atoms with van der Waals surface area (Å²) < 4.78 is 10.7. The number of hydrogen-bond donors (Lipinski definition) is 0. The van der Waals surface area contributed by atoms with Gasteiger partial charge in [-0.2, -0.15) is 0 Å². The van der Waals surface area contributed by atoms with Gasteiger partial charge in [0.2, 0.25) is 5.75 Å². The average molecular weight is 273 g/mol. The van der Waals surface area contributed by atoms with Gasteiger partial charge >= 0.3 is 5.63 Å². The summed E-state index contributed by atoms with van der Waals surface area (Å²) >= 11 is 5.99. The number of para-hydroxylation sites is 2. The van der Waals surface area contributed by atoms with Crippen molar-refractivity contribution in [2.45, 2.75) is 0 Å². The third kappa shape index (κ3) is 2.33. The van der Waals surface area contributed by atoms with Crippen LogP contribution in [0, 0.1) is 0 Å². The fourth-order valence-electron chi connectivity index (χ4n) is 1.76. The first-order valence-electron chi connectivity index (χ1n) is 5.69. The highest BCUT2D eigenvalue weighted by molar-refractivity contribution is 6.32. The topological polar surface area (TPSA) is 39.4 Å². The van der Waals surface area contributed by atoms with Crippen molar-refractivity contribution >= 4 is 22.6 Å². The molecule has 94 valence electrons. The molecule has 0 N–H and O–H groups in total. The Labute approximate surface area is 114 Å². The van der Waals surface area contributed by atoms with Crippen molar-refractivity contribution in [2.75, 3.05) is 0 Å². The van der Waals surface area contributed by atoms with Crippen LogP contribution in [0.4, 0.5) is 0 Å². The molecule has 0 bridgehead atoms. The predicted octanol–water partition coefficient (Wildman–Crippen LogP) is 4.24. The molecule has 4 heteroatoms. The second-order valence-electron chi connectivity index (χ2n) is 3.97. The second kappa shape index (κ2) is 4.78. The van der Waals surface area contributed by atoms with Gasteiger partial charge in [-0.25, -0.2) is 4.79 Å². The normalized spacial score (nSPS) is 10.6. The first-order valence-corrected chi connectivity index (χ1v) is 6.07. The maximum absolute atomic E-state index is 11.8. The van der Waals surface area contributed by atoms with E-state index in [-0.39, 0.29) is 5.75 Å². The lowest BCUT2D eigenvalue weighted by Gasteiger charge is -2.06. The van der Waals surface area contributed by atoms with E-state index >= 15 is 0 Å². The van der Waals surface area contributed by atoms with Crippen molar-refractivity contribution in [3.8, 4) is 11.5 Å². The molecule has 0 aliphatic carbocycles. The zero-order chi connectivity index (χ0) is 13.2. The van der Waals surface area contributed by atoms with Crippen LogP contribution in [0.15, 0.2) is 63.8 Å². The molecule has 1 aromatic heterocycles. The molecule has 19 heavy (non-hydrogen) atoms. The summed E-state index contributed by atoms with van der Waals surface area (Å²) in [5, 5.41) is 1.24. The van der Waals surface area contributed by atoms with E-state index in [9.17, 15) is 4.79 Å². The van der Waals surface area contributed by atoms with Crippen LogP contribution in [0.2, 0.25) is 5.02 Å². The van der Waals surface area contributed by atoms with Crippen LogP contribution in [0.5, 0.6) is 11.5 Å². The fraction of sp³-hybridized carbons (Fsp3) is 0. The Kier molecular flexibility index (Phi) is 2.97. The summed E-state index contributed by atoms with van der Waals surface area (Å²) in [4.78, 5) is 11.8. The summed E-state index contributed by atoms with van der Waals surface area (Å²) in [5.41, 5.74) is -0.00220. The van der Waals surface area contributed by atoms with Crippen LogP contribution >= 0.6 is 11.6 Å². The van der Waals surface area contributed by atoms with Crippen LogP contribution in [0.3, 0.4) is 0 Å². The standard InChI is InChI=1S/C15H9ClO3/c16-11-6-2-4-8-13(11)18-14-9-10-5-1-3-7-12(10)19-15(14)17/h1-9H. The molecule has 0 amide bonds. The highest BCUT2D eigenvalue weighted by Gasteiger charge is 2.09. The molecule has 0 aliphatic heterocycles. The lowest BCUT2D eigenvalue weighted by Crippen LogP contribution is -2.03. The van der Waals surface area contributed by atoms with Crippen molar-refractivity contribution in [3.63, 3.8) is 0 Å². The minimum absolute atomic E-state index is 0.117. The number of halogens is 1. The first kappa shape index (κ1) is 11.8. The van der Waals surface area contributed by atoms with Gasteiger partial charge in [0.15, 0.2) is 0 Å². The summed E-state index contributed by atoms with van der Waals surface area (Å²) in [6.07, 6.45) is 0. The second-order valence-corrected chi connectivity index (χ2v) is 4.38. The molecule has 0 atom stereocenters. The Morgan fingerprint density at radius 1 is 0.947 bits per heavy atom. The molecule has 1 heterocycles. The summed E-state index contributed by atoms with van der Waals surface area (Å²) in [7, 11) is 0. The molecule has 0 spiro atoms. The largest absolute Gasteiger partial charge is 0.448 e. The number of hydrogen-bond acceptors (Lipinski definition) is 3. The zero-order valence-corrected chi connectivity index (χ0v) is 10.6. The number of fused-ring (bicyclic) bond motifs is 1. The quantitative estimate of drug-likeness (QED) is 0.655. The Bertz CT molecular complexity index is 792. The number of ether oxygens (including phenoxy) is 1. The van der Waals surface area contributed by atoms with Gasteiger partial charge < -0.3 is 9.15 Å². The monoisotopic (exact) mass is 272 g/mol. The van der Waals surface area contributed by atoms with Crippen molar-refractivity contribution in [1.29, 1.82) is 0 Å². The van der Waals surface area contributed by atoms with Crippen LogP contribution in [0.1, 0.15) is 0 Å². The maximum atomic E-state index is 11.8. The third-order valence-electron chi connectivity index (χ3n) is 2.67. The van der Waals surface area contributed by atoms with Crippen LogP contribution in [-0.2, 0) is 0 Å². The summed E-state index contributed by atoms with van der Waals surface area (Å²) in [5.74, 6) is 0.540. The van der Waals surface area contributed by atoms with Gasteiger partial charge in [0.1, 0.15) is 11.3 Å². The van der Waals surface area contributed by atoms with Gasteiger partial charge in [-0.3, -0.25) is 0 Å². The zero-order valence-electron chi connectivity index (χ0n) is 9.80. The van der Waals surface area contributed by atoms with E-state index in [1.807, 2.05) is 12.1 Å². The molecule has 3 aromatic rings. The van der Waals surface area contributed by atoms with E-state index in [4.69, 9.17) is 20.8 Å². The van der Waals surface area contributed by atoms with Crippen molar-refractivity contribution in [3.05, 3.63) is 70.0 Å². The van der Waals surface area contributed by atoms with E-state index in [0.29, 0.717) is 16.4 Å². The predicted molar refractivity (Wildman–Crippen MR) is 74.0 cm³/mol. The van der Waals surface area contributed by atoms with Crippen LogP contribution < -0.4 is 10.4 Å². The van der Waals surface area contributed by atoms with Crippen LogP contribution in [-0.4, -0.2) is 0 Å². The molecule has 0 saturated carbocycles. The molecule has 2 aromatic carbocycles. The Hall–Kier alpha value is -2.26.